The molecular formula is C15H21N3. The molecule has 0 spiro atoms. The van der Waals surface area contributed by atoms with E-state index in [1.807, 2.05) is 18.2 Å². The molecule has 1 aromatic carbocycles. The minimum atomic E-state index is 0.583. The van der Waals surface area contributed by atoms with Gasteiger partial charge in [0.1, 0.15) is 0 Å². The monoisotopic (exact) mass is 243 g/mol. The van der Waals surface area contributed by atoms with E-state index in [1.54, 1.807) is 0 Å². The summed E-state index contributed by atoms with van der Waals surface area (Å²) in [4.78, 5) is 2.46. The van der Waals surface area contributed by atoms with Gasteiger partial charge in [-0.25, -0.2) is 0 Å². The molecule has 0 amide bonds. The Morgan fingerprint density at radius 1 is 1.39 bits per heavy atom. The molecule has 0 aromatic heterocycles. The Morgan fingerprint density at radius 3 is 2.89 bits per heavy atom. The highest BCUT2D eigenvalue weighted by atomic mass is 15.2. The summed E-state index contributed by atoms with van der Waals surface area (Å²) in [5, 5.41) is 9.12. The second-order valence-electron chi connectivity index (χ2n) is 5.23. The second kappa shape index (κ2) is 5.99. The molecule has 1 aromatic rings. The normalized spacial score (nSPS) is 24.7. The third-order valence-corrected chi connectivity index (χ3v) is 3.95. The summed E-state index contributed by atoms with van der Waals surface area (Å²) in [5.41, 5.74) is 7.70. The third kappa shape index (κ3) is 2.90. The maximum atomic E-state index is 9.12. The molecule has 1 fully saturated rings. The lowest BCUT2D eigenvalue weighted by molar-refractivity contribution is 0.113. The van der Waals surface area contributed by atoms with E-state index in [1.165, 1.54) is 12.8 Å². The first-order chi connectivity index (χ1) is 8.74. The Morgan fingerprint density at radius 2 is 2.17 bits per heavy atom. The number of benzene rings is 1. The zero-order chi connectivity index (χ0) is 13.0. The van der Waals surface area contributed by atoms with E-state index in [0.29, 0.717) is 12.0 Å². The van der Waals surface area contributed by atoms with Crippen molar-refractivity contribution in [3.8, 4) is 6.07 Å². The second-order valence-corrected chi connectivity index (χ2v) is 5.23. The van der Waals surface area contributed by atoms with E-state index in [4.69, 9.17) is 11.0 Å². The summed E-state index contributed by atoms with van der Waals surface area (Å²) in [5.74, 6) is 0.607. The van der Waals surface area contributed by atoms with E-state index >= 15 is 0 Å². The van der Waals surface area contributed by atoms with Gasteiger partial charge in [0.15, 0.2) is 0 Å². The number of hydrogen-bond acceptors (Lipinski definition) is 3. The lowest BCUT2D eigenvalue weighted by Gasteiger charge is -2.37. The van der Waals surface area contributed by atoms with Gasteiger partial charge >= 0.3 is 0 Å². The Labute approximate surface area is 109 Å². The summed E-state index contributed by atoms with van der Waals surface area (Å²) in [6.07, 6.45) is 2.44. The minimum absolute atomic E-state index is 0.583. The van der Waals surface area contributed by atoms with Crippen molar-refractivity contribution >= 4 is 0 Å². The molecule has 2 atom stereocenters. The highest BCUT2D eigenvalue weighted by molar-refractivity contribution is 5.37. The highest BCUT2D eigenvalue weighted by Gasteiger charge is 2.24. The Hall–Kier alpha value is -1.37. The molecule has 2 N–H and O–H groups in total. The largest absolute Gasteiger partial charge is 0.330 e. The first kappa shape index (κ1) is 13.1. The van der Waals surface area contributed by atoms with Crippen LogP contribution >= 0.6 is 0 Å². The van der Waals surface area contributed by atoms with Crippen molar-refractivity contribution in [3.05, 3.63) is 35.4 Å². The fourth-order valence-electron chi connectivity index (χ4n) is 2.66. The van der Waals surface area contributed by atoms with E-state index < -0.39 is 0 Å². The van der Waals surface area contributed by atoms with Gasteiger partial charge in [-0.2, -0.15) is 5.26 Å². The maximum absolute atomic E-state index is 9.12. The molecule has 0 saturated carbocycles. The molecular weight excluding hydrogens is 222 g/mol. The third-order valence-electron chi connectivity index (χ3n) is 3.95. The molecule has 18 heavy (non-hydrogen) atoms. The number of nitrogens with two attached hydrogens (primary N) is 1. The molecule has 2 rings (SSSR count). The van der Waals surface area contributed by atoms with Crippen LogP contribution < -0.4 is 5.73 Å². The fourth-order valence-corrected chi connectivity index (χ4v) is 2.66. The van der Waals surface area contributed by atoms with Gasteiger partial charge in [0.05, 0.1) is 11.6 Å². The summed E-state index contributed by atoms with van der Waals surface area (Å²) < 4.78 is 0. The van der Waals surface area contributed by atoms with Gasteiger partial charge in [-0.3, -0.25) is 4.90 Å². The molecule has 1 aliphatic heterocycles. The minimum Gasteiger partial charge on any atom is -0.330 e. The summed E-state index contributed by atoms with van der Waals surface area (Å²) >= 11 is 0. The smallest absolute Gasteiger partial charge is 0.0995 e. The predicted molar refractivity (Wildman–Crippen MR) is 72.8 cm³/mol. The molecule has 96 valence electrons. The maximum Gasteiger partial charge on any atom is 0.0995 e. The topological polar surface area (TPSA) is 53.0 Å². The van der Waals surface area contributed by atoms with E-state index in [-0.39, 0.29) is 0 Å². The summed E-state index contributed by atoms with van der Waals surface area (Å²) in [6, 6.07) is 10.7. The van der Waals surface area contributed by atoms with Gasteiger partial charge < -0.3 is 5.73 Å². The van der Waals surface area contributed by atoms with Crippen LogP contribution in [0.3, 0.4) is 0 Å². The predicted octanol–water partition coefficient (Wildman–Crippen LogP) is 2.12. The van der Waals surface area contributed by atoms with Crippen molar-refractivity contribution in [2.75, 3.05) is 13.1 Å². The Balaban J connectivity index is 2.10. The van der Waals surface area contributed by atoms with E-state index in [2.05, 4.69) is 24.0 Å². The number of likely N-dealkylation sites (tertiary alicyclic amines) is 1. The van der Waals surface area contributed by atoms with Crippen LogP contribution in [-0.2, 0) is 6.54 Å². The van der Waals surface area contributed by atoms with Crippen LogP contribution in [-0.4, -0.2) is 24.0 Å². The van der Waals surface area contributed by atoms with Crippen molar-refractivity contribution in [3.63, 3.8) is 0 Å². The summed E-state index contributed by atoms with van der Waals surface area (Å²) in [7, 11) is 0. The average Bonchev–Trinajstić information content (AvgIpc) is 2.42. The zero-order valence-corrected chi connectivity index (χ0v) is 11.0. The van der Waals surface area contributed by atoms with Crippen molar-refractivity contribution in [2.24, 2.45) is 11.7 Å². The van der Waals surface area contributed by atoms with Crippen LogP contribution in [0.15, 0.2) is 24.3 Å². The van der Waals surface area contributed by atoms with Crippen LogP contribution in [0.4, 0.5) is 0 Å². The summed E-state index contributed by atoms with van der Waals surface area (Å²) in [6.45, 7) is 4.95. The highest BCUT2D eigenvalue weighted by Crippen LogP contribution is 2.23. The molecule has 0 aliphatic carbocycles. The molecule has 1 aliphatic rings. The van der Waals surface area contributed by atoms with E-state index in [9.17, 15) is 0 Å². The molecule has 0 radical (unpaired) electrons. The van der Waals surface area contributed by atoms with Crippen molar-refractivity contribution in [2.45, 2.75) is 32.4 Å². The van der Waals surface area contributed by atoms with Gasteiger partial charge in [0.2, 0.25) is 0 Å². The molecule has 3 heteroatoms. The number of rotatable bonds is 3. The Kier molecular flexibility index (Phi) is 4.35. The van der Waals surface area contributed by atoms with Gasteiger partial charge in [0.25, 0.3) is 0 Å². The number of nitriles is 1. The fraction of sp³-hybridized carbons (Fsp3) is 0.533. The SMILES string of the molecule is CC1CCC(CN)CN1Cc1ccccc1C#N. The first-order valence-electron chi connectivity index (χ1n) is 6.66. The van der Waals surface area contributed by atoms with Gasteiger partial charge in [-0.05, 0) is 43.9 Å². The van der Waals surface area contributed by atoms with Crippen molar-refractivity contribution in [1.82, 2.24) is 4.90 Å². The lowest BCUT2D eigenvalue weighted by atomic mass is 9.93. The number of hydrogen-bond donors (Lipinski definition) is 1. The van der Waals surface area contributed by atoms with E-state index in [0.717, 1.165) is 30.8 Å². The van der Waals surface area contributed by atoms with Crippen LogP contribution in [0, 0.1) is 17.2 Å². The van der Waals surface area contributed by atoms with Crippen LogP contribution in [0.25, 0.3) is 0 Å². The van der Waals surface area contributed by atoms with Crippen molar-refractivity contribution in [1.29, 1.82) is 5.26 Å². The molecule has 1 heterocycles. The van der Waals surface area contributed by atoms with Gasteiger partial charge in [-0.15, -0.1) is 0 Å². The first-order valence-corrected chi connectivity index (χ1v) is 6.66. The zero-order valence-electron chi connectivity index (χ0n) is 11.0. The average molecular weight is 243 g/mol. The quantitative estimate of drug-likeness (QED) is 0.884. The molecule has 3 nitrogen and oxygen atoms in total. The van der Waals surface area contributed by atoms with Gasteiger partial charge in [-0.1, -0.05) is 18.2 Å². The van der Waals surface area contributed by atoms with Crippen LogP contribution in [0.1, 0.15) is 30.9 Å². The standard InChI is InChI=1S/C15H21N3/c1-12-6-7-13(8-16)10-18(12)11-15-5-3-2-4-14(15)9-17/h2-5,12-13H,6-8,10-11,16H2,1H3. The number of piperidine rings is 1. The van der Waals surface area contributed by atoms with Crippen LogP contribution in [0.2, 0.25) is 0 Å². The lowest BCUT2D eigenvalue weighted by Crippen LogP contribution is -2.43. The molecule has 2 unspecified atom stereocenters. The van der Waals surface area contributed by atoms with Gasteiger partial charge in [0, 0.05) is 19.1 Å². The number of nitrogens with zero attached hydrogens (tertiary/aromatic N) is 2. The molecule has 0 bridgehead atoms. The molecule has 1 saturated heterocycles. The van der Waals surface area contributed by atoms with Crippen molar-refractivity contribution < 1.29 is 0 Å². The Bertz CT molecular complexity index is 436. The van der Waals surface area contributed by atoms with Crippen LogP contribution in [0.5, 0.6) is 0 Å².